The molecule has 0 aliphatic carbocycles. The summed E-state index contributed by atoms with van der Waals surface area (Å²) in [4.78, 5) is 27.6. The van der Waals surface area contributed by atoms with E-state index in [1.54, 1.807) is 17.7 Å². The summed E-state index contributed by atoms with van der Waals surface area (Å²) < 4.78 is 29.5. The van der Waals surface area contributed by atoms with Gasteiger partial charge in [0, 0.05) is 44.0 Å². The average molecular weight is 515 g/mol. The minimum Gasteiger partial charge on any atom is -0.379 e. The molecule has 2 aromatic carbocycles. The summed E-state index contributed by atoms with van der Waals surface area (Å²) in [6.45, 7) is 5.62. The lowest BCUT2D eigenvalue weighted by molar-refractivity contribution is -0.131. The number of carbonyl (C=O) groups is 1. The third-order valence-electron chi connectivity index (χ3n) is 7.02. The van der Waals surface area contributed by atoms with Crippen LogP contribution in [0.2, 0.25) is 0 Å². The van der Waals surface area contributed by atoms with Gasteiger partial charge in [0.15, 0.2) is 14.6 Å². The number of ether oxygens (including phenoxy) is 1. The van der Waals surface area contributed by atoms with E-state index in [-0.39, 0.29) is 18.5 Å². The molecule has 4 rings (SSSR count). The van der Waals surface area contributed by atoms with Crippen molar-refractivity contribution in [2.45, 2.75) is 31.2 Å². The van der Waals surface area contributed by atoms with Gasteiger partial charge in [-0.25, -0.2) is 8.42 Å². The maximum atomic E-state index is 13.1. The molecule has 0 saturated carbocycles. The van der Waals surface area contributed by atoms with Gasteiger partial charge < -0.3 is 14.5 Å². The quantitative estimate of drug-likeness (QED) is 0.359. The Hall–Kier alpha value is -3.05. The van der Waals surface area contributed by atoms with Crippen LogP contribution >= 0.6 is 0 Å². The molecule has 0 radical (unpaired) electrons. The molecule has 36 heavy (non-hydrogen) atoms. The Morgan fingerprint density at radius 1 is 1.08 bits per heavy atom. The predicted molar refractivity (Wildman–Crippen MR) is 139 cm³/mol. The van der Waals surface area contributed by atoms with Gasteiger partial charge in [-0.3, -0.25) is 14.5 Å². The van der Waals surface area contributed by atoms with Crippen molar-refractivity contribution in [3.05, 3.63) is 70.6 Å². The molecule has 0 spiro atoms. The normalized spacial score (nSPS) is 16.5. The van der Waals surface area contributed by atoms with Crippen LogP contribution < -0.4 is 11.0 Å². The SMILES string of the molecule is C[C@@](CCn1ccc2cc(-c3ccc(CN4CCOCC4)cc3)ccc2c1=O)(C(=O)N[OH2+])S(C)(=O)=O. The maximum absolute atomic E-state index is 13.1. The lowest BCUT2D eigenvalue weighted by Crippen LogP contribution is -2.49. The first-order chi connectivity index (χ1) is 17.1. The van der Waals surface area contributed by atoms with E-state index in [1.165, 1.54) is 17.1 Å². The molecule has 10 heteroatoms. The van der Waals surface area contributed by atoms with Crippen molar-refractivity contribution in [1.29, 1.82) is 0 Å². The Kier molecular flexibility index (Phi) is 7.60. The summed E-state index contributed by atoms with van der Waals surface area (Å²) in [5, 5.41) is 8.39. The van der Waals surface area contributed by atoms with Crippen LogP contribution in [0.5, 0.6) is 0 Å². The fourth-order valence-corrected chi connectivity index (χ4v) is 5.25. The molecule has 1 amide bonds. The summed E-state index contributed by atoms with van der Waals surface area (Å²) >= 11 is 0. The number of morpholine rings is 1. The number of hydroxylamine groups is 1. The van der Waals surface area contributed by atoms with Gasteiger partial charge in [0.25, 0.3) is 5.56 Å². The van der Waals surface area contributed by atoms with Gasteiger partial charge >= 0.3 is 5.91 Å². The molecule has 2 heterocycles. The third-order valence-corrected chi connectivity index (χ3v) is 9.04. The maximum Gasteiger partial charge on any atom is 0.304 e. The number of rotatable bonds is 8. The molecule has 1 atom stereocenters. The number of hydrogen-bond acceptors (Lipinski definition) is 6. The number of benzene rings is 2. The Bertz CT molecular complexity index is 1410. The molecular formula is C26H32N3O6S+. The standard InChI is InChI=1S/C26H31N3O6S/c1-26(25(31)27-32,36(2,33)34)10-12-29-11-9-22-17-21(7-8-23(22)24(29)30)20-5-3-19(4-6-20)18-28-13-15-35-16-14-28/h3-9,11,17,32H,10,12-16,18H2,1-2H3,(H,27,31)/p+1/t26-/m1/s1. The largest absolute Gasteiger partial charge is 0.379 e. The molecule has 1 aliphatic rings. The third kappa shape index (κ3) is 5.36. The van der Waals surface area contributed by atoms with Crippen LogP contribution in [0.25, 0.3) is 21.9 Å². The number of amides is 1. The summed E-state index contributed by atoms with van der Waals surface area (Å²) in [5.41, 5.74) is 4.70. The topological polar surface area (TPSA) is 121 Å². The van der Waals surface area contributed by atoms with E-state index in [2.05, 4.69) is 29.2 Å². The van der Waals surface area contributed by atoms with Gasteiger partial charge in [-0.15, -0.1) is 5.48 Å². The second-order valence-electron chi connectivity index (χ2n) is 9.41. The van der Waals surface area contributed by atoms with Gasteiger partial charge in [0.1, 0.15) is 0 Å². The first kappa shape index (κ1) is 26.0. The second kappa shape index (κ2) is 10.5. The number of pyridine rings is 1. The molecule has 1 saturated heterocycles. The highest BCUT2D eigenvalue weighted by atomic mass is 32.2. The van der Waals surface area contributed by atoms with E-state index < -0.39 is 20.5 Å². The zero-order valence-electron chi connectivity index (χ0n) is 20.5. The minimum atomic E-state index is -3.80. The van der Waals surface area contributed by atoms with Crippen molar-refractivity contribution in [3.63, 3.8) is 0 Å². The van der Waals surface area contributed by atoms with Crippen LogP contribution in [-0.2, 0) is 32.5 Å². The van der Waals surface area contributed by atoms with Crippen molar-refractivity contribution in [3.8, 4) is 11.1 Å². The van der Waals surface area contributed by atoms with E-state index in [1.807, 2.05) is 18.2 Å². The average Bonchev–Trinajstić information content (AvgIpc) is 2.88. The highest BCUT2D eigenvalue weighted by Crippen LogP contribution is 2.25. The molecule has 0 bridgehead atoms. The Labute approximate surface area is 210 Å². The number of sulfone groups is 1. The van der Waals surface area contributed by atoms with E-state index in [0.29, 0.717) is 5.39 Å². The van der Waals surface area contributed by atoms with Gasteiger partial charge in [-0.05, 0) is 53.6 Å². The smallest absolute Gasteiger partial charge is 0.304 e. The minimum absolute atomic E-state index is 0.0259. The van der Waals surface area contributed by atoms with Crippen LogP contribution in [-0.4, -0.2) is 66.3 Å². The van der Waals surface area contributed by atoms with E-state index in [0.717, 1.165) is 55.6 Å². The molecular weight excluding hydrogens is 482 g/mol. The van der Waals surface area contributed by atoms with Crippen LogP contribution in [0.1, 0.15) is 18.9 Å². The van der Waals surface area contributed by atoms with Gasteiger partial charge in [0.05, 0.1) is 13.2 Å². The molecule has 3 aromatic rings. The fraction of sp³-hybridized carbons (Fsp3) is 0.385. The number of nitrogens with zero attached hydrogens (tertiary/aromatic N) is 2. The fourth-order valence-electron chi connectivity index (χ4n) is 4.40. The molecule has 9 nitrogen and oxygen atoms in total. The molecule has 0 unspecified atom stereocenters. The first-order valence-corrected chi connectivity index (χ1v) is 13.7. The van der Waals surface area contributed by atoms with Crippen molar-refractivity contribution >= 4 is 26.5 Å². The lowest BCUT2D eigenvalue weighted by Gasteiger charge is -2.26. The Morgan fingerprint density at radius 3 is 2.39 bits per heavy atom. The summed E-state index contributed by atoms with van der Waals surface area (Å²) in [7, 11) is -3.80. The molecule has 1 fully saturated rings. The van der Waals surface area contributed by atoms with Gasteiger partial charge in [-0.1, -0.05) is 30.3 Å². The first-order valence-electron chi connectivity index (χ1n) is 11.8. The number of carbonyl (C=O) groups excluding carboxylic acids is 1. The van der Waals surface area contributed by atoms with Crippen molar-refractivity contribution in [2.75, 3.05) is 32.6 Å². The molecule has 1 aliphatic heterocycles. The van der Waals surface area contributed by atoms with Crippen molar-refractivity contribution in [2.24, 2.45) is 0 Å². The molecule has 3 N–H and O–H groups in total. The summed E-state index contributed by atoms with van der Waals surface area (Å²) in [6.07, 6.45) is 2.44. The van der Waals surface area contributed by atoms with E-state index in [9.17, 15) is 18.0 Å². The van der Waals surface area contributed by atoms with Crippen LogP contribution in [0.15, 0.2) is 59.5 Å². The van der Waals surface area contributed by atoms with Crippen LogP contribution in [0.4, 0.5) is 0 Å². The van der Waals surface area contributed by atoms with Gasteiger partial charge in [0.2, 0.25) is 0 Å². The predicted octanol–water partition coefficient (Wildman–Crippen LogP) is 1.45. The van der Waals surface area contributed by atoms with E-state index in [4.69, 9.17) is 9.94 Å². The summed E-state index contributed by atoms with van der Waals surface area (Å²) in [6, 6.07) is 15.9. The van der Waals surface area contributed by atoms with Gasteiger partial charge in [-0.2, -0.15) is 0 Å². The number of hydrogen-bond donors (Lipinski definition) is 1. The van der Waals surface area contributed by atoms with Crippen molar-refractivity contribution in [1.82, 2.24) is 14.9 Å². The second-order valence-corrected chi connectivity index (χ2v) is 11.9. The molecule has 1 aromatic heterocycles. The zero-order valence-corrected chi connectivity index (χ0v) is 21.3. The Morgan fingerprint density at radius 2 is 1.75 bits per heavy atom. The highest BCUT2D eigenvalue weighted by Gasteiger charge is 2.44. The Balaban J connectivity index is 1.53. The number of fused-ring (bicyclic) bond motifs is 1. The lowest BCUT2D eigenvalue weighted by atomic mass is 10.0. The van der Waals surface area contributed by atoms with Crippen molar-refractivity contribution < 1.29 is 23.2 Å². The number of nitrogens with one attached hydrogen (secondary N) is 1. The van der Waals surface area contributed by atoms with E-state index >= 15 is 0 Å². The summed E-state index contributed by atoms with van der Waals surface area (Å²) in [5.74, 6) is -0.917. The molecule has 192 valence electrons. The highest BCUT2D eigenvalue weighted by molar-refractivity contribution is 7.92. The zero-order chi connectivity index (χ0) is 25.9. The monoisotopic (exact) mass is 514 g/mol. The number of aryl methyl sites for hydroxylation is 1. The van der Waals surface area contributed by atoms with Crippen LogP contribution in [0.3, 0.4) is 0 Å². The number of aromatic nitrogens is 1. The van der Waals surface area contributed by atoms with Crippen LogP contribution in [0, 0.1) is 0 Å².